The van der Waals surface area contributed by atoms with Crippen molar-refractivity contribution in [3.8, 4) is 0 Å². The molecule has 1 unspecified atom stereocenters. The number of carboxylic acid groups (broad SMARTS) is 2. The van der Waals surface area contributed by atoms with Crippen molar-refractivity contribution in [3.05, 3.63) is 48.2 Å². The number of fused-ring (bicyclic) bond motifs is 1. The molecule has 0 amide bonds. The van der Waals surface area contributed by atoms with Gasteiger partial charge in [0.15, 0.2) is 0 Å². The van der Waals surface area contributed by atoms with E-state index in [1.165, 1.54) is 0 Å². The third kappa shape index (κ3) is 8.23. The van der Waals surface area contributed by atoms with E-state index in [0.717, 1.165) is 43.2 Å². The van der Waals surface area contributed by atoms with Crippen LogP contribution in [0.4, 0.5) is 32.2 Å². The predicted octanol–water partition coefficient (Wildman–Crippen LogP) is 2.91. The summed E-state index contributed by atoms with van der Waals surface area (Å²) in [5.41, 5.74) is 1.91. The van der Waals surface area contributed by atoms with Crippen LogP contribution in [0.5, 0.6) is 0 Å². The molecule has 2 N–H and O–H groups in total. The van der Waals surface area contributed by atoms with E-state index in [1.54, 1.807) is 17.0 Å². The molecule has 2 fully saturated rings. The second kappa shape index (κ2) is 12.6. The van der Waals surface area contributed by atoms with Gasteiger partial charge in [0, 0.05) is 36.7 Å². The van der Waals surface area contributed by atoms with Crippen LogP contribution in [0, 0.1) is 12.8 Å². The van der Waals surface area contributed by atoms with Crippen molar-refractivity contribution >= 4 is 23.5 Å². The fraction of sp³-hybridized carbons (Fsp3) is 0.478. The van der Waals surface area contributed by atoms with Gasteiger partial charge < -0.3 is 24.6 Å². The van der Waals surface area contributed by atoms with Crippen LogP contribution in [0.3, 0.4) is 0 Å². The highest BCUT2D eigenvalue weighted by Gasteiger charge is 2.53. The zero-order chi connectivity index (χ0) is 30.4. The minimum absolute atomic E-state index is 0.126. The molecule has 1 atom stereocenters. The quantitative estimate of drug-likeness (QED) is 0.420. The first kappa shape index (κ1) is 31.5. The molecular formula is C23H24F6N6O6. The van der Waals surface area contributed by atoms with E-state index >= 15 is 0 Å². The maximum atomic E-state index is 10.6. The molecule has 5 heterocycles. The minimum atomic E-state index is -5.08. The Morgan fingerprint density at radius 1 is 1.15 bits per heavy atom. The number of aryl methyl sites for hydroxylation is 1. The van der Waals surface area contributed by atoms with E-state index in [0.29, 0.717) is 24.9 Å². The molecule has 12 nitrogen and oxygen atoms in total. The van der Waals surface area contributed by atoms with Crippen molar-refractivity contribution in [2.45, 2.75) is 37.9 Å². The molecule has 3 aromatic heterocycles. The van der Waals surface area contributed by atoms with Crippen LogP contribution >= 0.6 is 0 Å². The number of carbonyl (C=O) groups is 2. The average Bonchev–Trinajstić information content (AvgIpc) is 3.50. The van der Waals surface area contributed by atoms with Crippen LogP contribution in [0.2, 0.25) is 0 Å². The smallest absolute Gasteiger partial charge is 0.475 e. The standard InChI is InChI=1S/C19H22N6O2.2C2HF3O2/c1-14-7-17(25-18(23-14)21-13-22-25)24-11-19(12-24)16(4-6-27-19)10-26-9-15-3-2-5-20-8-15;2*3-2(4,5)1(6)7/h2-3,5,7-8,13,16H,4,6,9-12H2,1H3;2*(H,6,7). The molecule has 2 saturated heterocycles. The number of hydrogen-bond acceptors (Lipinski definition) is 9. The molecule has 0 radical (unpaired) electrons. The van der Waals surface area contributed by atoms with Gasteiger partial charge in [-0.1, -0.05) is 6.07 Å². The van der Waals surface area contributed by atoms with Crippen LogP contribution in [0.25, 0.3) is 5.78 Å². The Labute approximate surface area is 227 Å². The van der Waals surface area contributed by atoms with Crippen LogP contribution < -0.4 is 4.90 Å². The first-order valence-electron chi connectivity index (χ1n) is 11.8. The molecule has 18 heteroatoms. The zero-order valence-electron chi connectivity index (χ0n) is 21.3. The van der Waals surface area contributed by atoms with Crippen LogP contribution in [0.1, 0.15) is 17.7 Å². The van der Waals surface area contributed by atoms with Crippen molar-refractivity contribution in [2.75, 3.05) is 31.2 Å². The Balaban J connectivity index is 0.000000276. The Morgan fingerprint density at radius 2 is 1.78 bits per heavy atom. The van der Waals surface area contributed by atoms with E-state index in [4.69, 9.17) is 29.3 Å². The molecule has 2 aliphatic rings. The molecular weight excluding hydrogens is 570 g/mol. The summed E-state index contributed by atoms with van der Waals surface area (Å²) in [4.78, 5) is 32.8. The third-order valence-electron chi connectivity index (χ3n) is 6.00. The minimum Gasteiger partial charge on any atom is -0.475 e. The number of halogens is 6. The summed E-state index contributed by atoms with van der Waals surface area (Å²) >= 11 is 0. The molecule has 0 aliphatic carbocycles. The Hall–Kier alpha value is -4.06. The van der Waals surface area contributed by atoms with Crippen molar-refractivity contribution in [1.82, 2.24) is 24.6 Å². The number of nitrogens with zero attached hydrogens (tertiary/aromatic N) is 6. The van der Waals surface area contributed by atoms with Gasteiger partial charge in [-0.2, -0.15) is 40.9 Å². The number of ether oxygens (including phenoxy) is 2. The van der Waals surface area contributed by atoms with Crippen LogP contribution in [0.15, 0.2) is 36.9 Å². The zero-order valence-corrected chi connectivity index (χ0v) is 21.3. The number of carboxylic acids is 2. The number of hydrogen-bond donors (Lipinski definition) is 2. The average molecular weight is 594 g/mol. The van der Waals surface area contributed by atoms with E-state index in [9.17, 15) is 26.3 Å². The molecule has 5 rings (SSSR count). The molecule has 0 saturated carbocycles. The number of alkyl halides is 6. The van der Waals surface area contributed by atoms with Gasteiger partial charge in [0.1, 0.15) is 17.7 Å². The summed E-state index contributed by atoms with van der Waals surface area (Å²) in [6.07, 6.45) is -3.96. The Kier molecular flexibility index (Phi) is 9.69. The fourth-order valence-electron chi connectivity index (χ4n) is 4.07. The maximum absolute atomic E-state index is 10.6. The number of pyridine rings is 1. The number of aromatic nitrogens is 5. The summed E-state index contributed by atoms with van der Waals surface area (Å²) in [6, 6.07) is 6.02. The van der Waals surface area contributed by atoms with Gasteiger partial charge in [-0.25, -0.2) is 14.6 Å². The monoisotopic (exact) mass is 594 g/mol. The summed E-state index contributed by atoms with van der Waals surface area (Å²) in [7, 11) is 0. The summed E-state index contributed by atoms with van der Waals surface area (Å²) < 4.78 is 77.4. The highest BCUT2D eigenvalue weighted by molar-refractivity contribution is 5.73. The molecule has 0 bridgehead atoms. The van der Waals surface area contributed by atoms with Gasteiger partial charge >= 0.3 is 24.3 Å². The summed E-state index contributed by atoms with van der Waals surface area (Å²) in [5, 5.41) is 18.6. The van der Waals surface area contributed by atoms with Gasteiger partial charge in [0.2, 0.25) is 0 Å². The highest BCUT2D eigenvalue weighted by atomic mass is 19.4. The Bertz CT molecular complexity index is 1310. The summed E-state index contributed by atoms with van der Waals surface area (Å²) in [6.45, 7) is 5.75. The maximum Gasteiger partial charge on any atom is 0.490 e. The van der Waals surface area contributed by atoms with Gasteiger partial charge in [0.05, 0.1) is 26.3 Å². The number of aliphatic carboxylic acids is 2. The van der Waals surface area contributed by atoms with Gasteiger partial charge in [-0.05, 0) is 25.0 Å². The second-order valence-corrected chi connectivity index (χ2v) is 8.96. The van der Waals surface area contributed by atoms with E-state index in [2.05, 4.69) is 31.0 Å². The fourth-order valence-corrected chi connectivity index (χ4v) is 4.07. The highest BCUT2D eigenvalue weighted by Crippen LogP contribution is 2.42. The lowest BCUT2D eigenvalue weighted by molar-refractivity contribution is -0.193. The number of anilines is 1. The second-order valence-electron chi connectivity index (χ2n) is 8.96. The van der Waals surface area contributed by atoms with Crippen molar-refractivity contribution in [3.63, 3.8) is 0 Å². The molecule has 224 valence electrons. The Morgan fingerprint density at radius 3 is 2.34 bits per heavy atom. The van der Waals surface area contributed by atoms with Gasteiger partial charge in [-0.15, -0.1) is 0 Å². The van der Waals surface area contributed by atoms with E-state index in [1.807, 2.05) is 25.3 Å². The van der Waals surface area contributed by atoms with E-state index in [-0.39, 0.29) is 5.60 Å². The number of rotatable bonds is 5. The SMILES string of the molecule is Cc1cc(N2CC3(C2)OCCC3COCc2cccnc2)n2ncnc2n1.O=C(O)C(F)(F)F.O=C(O)C(F)(F)F. The molecule has 1 spiro atoms. The van der Waals surface area contributed by atoms with Gasteiger partial charge in [0.25, 0.3) is 5.78 Å². The lowest BCUT2D eigenvalue weighted by Gasteiger charge is -2.51. The first-order chi connectivity index (χ1) is 19.1. The van der Waals surface area contributed by atoms with Crippen LogP contribution in [-0.4, -0.2) is 91.0 Å². The predicted molar refractivity (Wildman–Crippen MR) is 126 cm³/mol. The lowest BCUT2D eigenvalue weighted by atomic mass is 9.81. The van der Waals surface area contributed by atoms with Crippen LogP contribution in [-0.2, 0) is 25.7 Å². The third-order valence-corrected chi connectivity index (χ3v) is 6.00. The topological polar surface area (TPSA) is 152 Å². The first-order valence-corrected chi connectivity index (χ1v) is 11.8. The van der Waals surface area contributed by atoms with Crippen molar-refractivity contribution in [2.24, 2.45) is 5.92 Å². The molecule has 3 aromatic rings. The summed E-state index contributed by atoms with van der Waals surface area (Å²) in [5.74, 6) is -3.46. The molecule has 41 heavy (non-hydrogen) atoms. The normalized spacial score (nSPS) is 17.7. The van der Waals surface area contributed by atoms with Crippen molar-refractivity contribution in [1.29, 1.82) is 0 Å². The van der Waals surface area contributed by atoms with E-state index < -0.39 is 24.3 Å². The van der Waals surface area contributed by atoms with Gasteiger partial charge in [-0.3, -0.25) is 4.98 Å². The molecule has 2 aliphatic heterocycles. The van der Waals surface area contributed by atoms with Crippen molar-refractivity contribution < 1.29 is 55.6 Å². The molecule has 0 aromatic carbocycles. The largest absolute Gasteiger partial charge is 0.490 e. The lowest BCUT2D eigenvalue weighted by Crippen LogP contribution is -2.66.